The van der Waals surface area contributed by atoms with E-state index >= 15 is 0 Å². The van der Waals surface area contributed by atoms with Gasteiger partial charge in [-0.1, -0.05) is 12.1 Å². The van der Waals surface area contributed by atoms with E-state index in [-0.39, 0.29) is 28.9 Å². The van der Waals surface area contributed by atoms with Crippen LogP contribution in [0.4, 0.5) is 0 Å². The van der Waals surface area contributed by atoms with E-state index in [2.05, 4.69) is 27.7 Å². The Bertz CT molecular complexity index is 1120. The van der Waals surface area contributed by atoms with Crippen molar-refractivity contribution in [3.63, 3.8) is 0 Å². The van der Waals surface area contributed by atoms with E-state index in [1.165, 1.54) is 5.56 Å². The number of nitrogens with one attached hydrogen (secondary N) is 2. The molecule has 1 aromatic rings. The molecule has 2 heterocycles. The van der Waals surface area contributed by atoms with E-state index in [0.29, 0.717) is 43.1 Å². The van der Waals surface area contributed by atoms with Crippen molar-refractivity contribution in [3.8, 4) is 5.75 Å². The summed E-state index contributed by atoms with van der Waals surface area (Å²) in [5, 5.41) is 25.7. The molecule has 0 bridgehead atoms. The van der Waals surface area contributed by atoms with E-state index in [1.54, 1.807) is 21.0 Å². The molecule has 0 aromatic heterocycles. The topological polar surface area (TPSA) is 128 Å². The molecular formula is C30H41N3O6. The van der Waals surface area contributed by atoms with Crippen molar-refractivity contribution < 1.29 is 29.3 Å². The number of carboxylic acid groups (broad SMARTS) is 2. The quantitative estimate of drug-likeness (QED) is 0.331. The van der Waals surface area contributed by atoms with Gasteiger partial charge in [-0.3, -0.25) is 4.79 Å². The zero-order valence-electron chi connectivity index (χ0n) is 23.2. The van der Waals surface area contributed by atoms with E-state index in [4.69, 9.17) is 4.74 Å². The van der Waals surface area contributed by atoms with Gasteiger partial charge in [-0.2, -0.15) is 0 Å². The minimum Gasteiger partial charge on any atom is -0.497 e. The number of carbonyl (C=O) groups excluding carboxylic acids is 1. The summed E-state index contributed by atoms with van der Waals surface area (Å²) in [6, 6.07) is 8.34. The molecule has 9 heteroatoms. The zero-order chi connectivity index (χ0) is 28.1. The average molecular weight is 540 g/mol. The number of amides is 1. The molecule has 1 aliphatic carbocycles. The highest BCUT2D eigenvalue weighted by Gasteiger charge is 2.44. The highest BCUT2D eigenvalue weighted by molar-refractivity contribution is 5.96. The molecule has 0 radical (unpaired) electrons. The van der Waals surface area contributed by atoms with Crippen molar-refractivity contribution in [1.82, 2.24) is 15.5 Å². The lowest BCUT2D eigenvalue weighted by Crippen LogP contribution is -2.37. The summed E-state index contributed by atoms with van der Waals surface area (Å²) in [5.41, 5.74) is 2.46. The number of rotatable bonds is 10. The molecule has 212 valence electrons. The van der Waals surface area contributed by atoms with Crippen LogP contribution in [0.1, 0.15) is 63.9 Å². The minimum atomic E-state index is -1.11. The Hall–Kier alpha value is -3.33. The predicted molar refractivity (Wildman–Crippen MR) is 147 cm³/mol. The van der Waals surface area contributed by atoms with Crippen LogP contribution in [0, 0.1) is 17.8 Å². The molecule has 1 saturated heterocycles. The maximum atomic E-state index is 12.9. The van der Waals surface area contributed by atoms with Crippen LogP contribution in [-0.2, 0) is 14.4 Å². The molecule has 0 spiro atoms. The Kier molecular flexibility index (Phi) is 9.32. The van der Waals surface area contributed by atoms with Crippen LogP contribution in [0.5, 0.6) is 5.75 Å². The molecule has 3 aliphatic rings. The molecule has 4 rings (SSSR count). The van der Waals surface area contributed by atoms with Crippen molar-refractivity contribution in [2.24, 2.45) is 17.8 Å². The number of ether oxygens (including phenoxy) is 1. The Labute approximate surface area is 230 Å². The van der Waals surface area contributed by atoms with Crippen LogP contribution >= 0.6 is 0 Å². The van der Waals surface area contributed by atoms with Crippen LogP contribution in [0.3, 0.4) is 0 Å². The number of allylic oxidation sites excluding steroid dienone is 2. The first kappa shape index (κ1) is 28.7. The first-order chi connectivity index (χ1) is 18.7. The molecule has 0 unspecified atom stereocenters. The van der Waals surface area contributed by atoms with Gasteiger partial charge in [-0.05, 0) is 102 Å². The van der Waals surface area contributed by atoms with Crippen LogP contribution in [0.25, 0.3) is 0 Å². The van der Waals surface area contributed by atoms with Crippen molar-refractivity contribution in [2.75, 3.05) is 33.3 Å². The molecule has 9 nitrogen and oxygen atoms in total. The number of benzene rings is 1. The summed E-state index contributed by atoms with van der Waals surface area (Å²) in [7, 11) is 1.70. The third-order valence-corrected chi connectivity index (χ3v) is 8.68. The number of aliphatic carboxylic acids is 2. The standard InChI is InChI=1S/C30H41N3O6/c1-18-25(29(35)36)27(26(30(37)38)19(2)32-18)22-8-9-23(16-22)28(34)31-12-5-13-33-14-10-20(11-15-33)21-6-4-7-24(17-21)39-3/h4,6-7,17,20,22-23,27,32H,5,8-16H2,1-3H3,(H,31,34)(H,35,36)(H,37,38)/t22-,23+/m1/s1. The number of piperidine rings is 1. The number of hydrogen-bond acceptors (Lipinski definition) is 6. The van der Waals surface area contributed by atoms with Gasteiger partial charge in [0.2, 0.25) is 5.91 Å². The normalized spacial score (nSPS) is 23.1. The SMILES string of the molecule is COc1cccc(C2CCN(CCCNC(=O)[C@H]3CC[C@@H](C4C(C(=O)O)=C(C)NC(C)=C4C(=O)O)C3)CC2)c1. The second-order valence-corrected chi connectivity index (χ2v) is 11.1. The van der Waals surface area contributed by atoms with E-state index in [0.717, 1.165) is 44.6 Å². The lowest BCUT2D eigenvalue weighted by molar-refractivity contribution is -0.134. The number of carbonyl (C=O) groups is 3. The third kappa shape index (κ3) is 6.64. The van der Waals surface area contributed by atoms with Gasteiger partial charge in [0.15, 0.2) is 0 Å². The van der Waals surface area contributed by atoms with Crippen molar-refractivity contribution in [3.05, 3.63) is 52.4 Å². The summed E-state index contributed by atoms with van der Waals surface area (Å²) in [6.45, 7) is 6.94. The first-order valence-corrected chi connectivity index (χ1v) is 14.0. The van der Waals surface area contributed by atoms with E-state index in [1.807, 2.05) is 12.1 Å². The van der Waals surface area contributed by atoms with Crippen LogP contribution < -0.4 is 15.4 Å². The van der Waals surface area contributed by atoms with Gasteiger partial charge in [-0.15, -0.1) is 0 Å². The highest BCUT2D eigenvalue weighted by atomic mass is 16.5. The Morgan fingerprint density at radius 2 is 1.69 bits per heavy atom. The first-order valence-electron chi connectivity index (χ1n) is 14.0. The number of nitrogens with zero attached hydrogens (tertiary/aromatic N) is 1. The molecule has 2 aliphatic heterocycles. The predicted octanol–water partition coefficient (Wildman–Crippen LogP) is 3.73. The lowest BCUT2D eigenvalue weighted by Gasteiger charge is -2.32. The Balaban J connectivity index is 1.23. The number of dihydropyridines is 1. The molecule has 39 heavy (non-hydrogen) atoms. The van der Waals surface area contributed by atoms with Gasteiger partial charge < -0.3 is 30.5 Å². The van der Waals surface area contributed by atoms with Crippen LogP contribution in [0.15, 0.2) is 46.8 Å². The molecule has 1 saturated carbocycles. The highest BCUT2D eigenvalue weighted by Crippen LogP contribution is 2.45. The van der Waals surface area contributed by atoms with Crippen LogP contribution in [0.2, 0.25) is 0 Å². The summed E-state index contributed by atoms with van der Waals surface area (Å²) < 4.78 is 5.36. The fourth-order valence-corrected chi connectivity index (χ4v) is 6.69. The fourth-order valence-electron chi connectivity index (χ4n) is 6.69. The van der Waals surface area contributed by atoms with Gasteiger partial charge in [0.1, 0.15) is 5.75 Å². The van der Waals surface area contributed by atoms with E-state index in [9.17, 15) is 24.6 Å². The van der Waals surface area contributed by atoms with Gasteiger partial charge >= 0.3 is 11.9 Å². The number of methoxy groups -OCH3 is 1. The largest absolute Gasteiger partial charge is 0.497 e. The zero-order valence-corrected chi connectivity index (χ0v) is 23.2. The minimum absolute atomic E-state index is 0.0154. The number of likely N-dealkylation sites (tertiary alicyclic amines) is 1. The van der Waals surface area contributed by atoms with E-state index < -0.39 is 17.9 Å². The smallest absolute Gasteiger partial charge is 0.333 e. The molecule has 4 N–H and O–H groups in total. The Morgan fingerprint density at radius 3 is 2.31 bits per heavy atom. The van der Waals surface area contributed by atoms with Gasteiger partial charge in [0.25, 0.3) is 0 Å². The van der Waals surface area contributed by atoms with Crippen molar-refractivity contribution in [1.29, 1.82) is 0 Å². The molecule has 2 atom stereocenters. The van der Waals surface area contributed by atoms with Crippen LogP contribution in [-0.4, -0.2) is 66.2 Å². The monoisotopic (exact) mass is 539 g/mol. The molecule has 2 fully saturated rings. The summed E-state index contributed by atoms with van der Waals surface area (Å²) in [5.74, 6) is -1.94. The second-order valence-electron chi connectivity index (χ2n) is 11.1. The number of hydrogen-bond donors (Lipinski definition) is 4. The van der Waals surface area contributed by atoms with Gasteiger partial charge in [-0.25, -0.2) is 9.59 Å². The molecule has 1 aromatic carbocycles. The second kappa shape index (κ2) is 12.7. The molecule has 1 amide bonds. The maximum absolute atomic E-state index is 12.9. The van der Waals surface area contributed by atoms with Gasteiger partial charge in [0, 0.05) is 29.8 Å². The summed E-state index contributed by atoms with van der Waals surface area (Å²) >= 11 is 0. The average Bonchev–Trinajstić information content (AvgIpc) is 3.41. The van der Waals surface area contributed by atoms with Crippen molar-refractivity contribution >= 4 is 17.8 Å². The Morgan fingerprint density at radius 1 is 1.03 bits per heavy atom. The maximum Gasteiger partial charge on any atom is 0.333 e. The van der Waals surface area contributed by atoms with Gasteiger partial charge in [0.05, 0.1) is 18.3 Å². The third-order valence-electron chi connectivity index (χ3n) is 8.68. The summed E-state index contributed by atoms with van der Waals surface area (Å²) in [4.78, 5) is 39.5. The lowest BCUT2D eigenvalue weighted by atomic mass is 9.75. The number of carboxylic acids is 2. The molecular weight excluding hydrogens is 498 g/mol. The van der Waals surface area contributed by atoms with Crippen molar-refractivity contribution in [2.45, 2.75) is 58.3 Å². The fraction of sp³-hybridized carbons (Fsp3) is 0.567. The summed E-state index contributed by atoms with van der Waals surface area (Å²) in [6.07, 6.45) is 4.84.